The molecule has 20 heavy (non-hydrogen) atoms. The molecular weight excluding hydrogens is 249 g/mol. The van der Waals surface area contributed by atoms with Crippen molar-refractivity contribution in [2.45, 2.75) is 26.7 Å². The van der Waals surface area contributed by atoms with Crippen molar-refractivity contribution >= 4 is 0 Å². The molecule has 2 aromatic rings. The molecule has 2 N–H and O–H groups in total. The van der Waals surface area contributed by atoms with Crippen molar-refractivity contribution in [3.8, 4) is 0 Å². The predicted octanol–water partition coefficient (Wildman–Crippen LogP) is 3.80. The third-order valence-electron chi connectivity index (χ3n) is 3.58. The van der Waals surface area contributed by atoms with Crippen molar-refractivity contribution in [2.24, 2.45) is 11.7 Å². The summed E-state index contributed by atoms with van der Waals surface area (Å²) in [7, 11) is 0. The summed E-state index contributed by atoms with van der Waals surface area (Å²) < 4.78 is 12.9. The van der Waals surface area contributed by atoms with E-state index in [9.17, 15) is 4.39 Å². The van der Waals surface area contributed by atoms with E-state index in [4.69, 9.17) is 5.73 Å². The van der Waals surface area contributed by atoms with Gasteiger partial charge in [0.2, 0.25) is 0 Å². The lowest BCUT2D eigenvalue weighted by atomic mass is 9.91. The van der Waals surface area contributed by atoms with Crippen LogP contribution in [0.4, 0.5) is 4.39 Å². The van der Waals surface area contributed by atoms with Gasteiger partial charge < -0.3 is 5.73 Å². The van der Waals surface area contributed by atoms with Crippen molar-refractivity contribution in [3.05, 3.63) is 70.5 Å². The first kappa shape index (κ1) is 14.7. The van der Waals surface area contributed by atoms with E-state index in [0.717, 1.165) is 18.4 Å². The average Bonchev–Trinajstić information content (AvgIpc) is 2.39. The Morgan fingerprint density at radius 3 is 2.00 bits per heavy atom. The quantitative estimate of drug-likeness (QED) is 0.879. The van der Waals surface area contributed by atoms with E-state index >= 15 is 0 Å². The Bertz CT molecular complexity index is 540. The van der Waals surface area contributed by atoms with Crippen LogP contribution in [-0.2, 0) is 12.8 Å². The highest BCUT2D eigenvalue weighted by atomic mass is 19.1. The molecule has 0 bridgehead atoms. The van der Waals surface area contributed by atoms with Crippen LogP contribution in [0.1, 0.15) is 22.3 Å². The van der Waals surface area contributed by atoms with Crippen molar-refractivity contribution in [3.63, 3.8) is 0 Å². The first-order valence-corrected chi connectivity index (χ1v) is 7.08. The maximum Gasteiger partial charge on any atom is 0.123 e. The van der Waals surface area contributed by atoms with E-state index in [0.29, 0.717) is 12.5 Å². The SMILES string of the molecule is Cc1cc(C)cc(CC(CN)Cc2ccc(F)cc2)c1. The van der Waals surface area contributed by atoms with Crippen LogP contribution in [0, 0.1) is 25.6 Å². The predicted molar refractivity (Wildman–Crippen MR) is 82.3 cm³/mol. The van der Waals surface area contributed by atoms with Gasteiger partial charge in [-0.2, -0.15) is 0 Å². The van der Waals surface area contributed by atoms with E-state index in [2.05, 4.69) is 32.0 Å². The third-order valence-corrected chi connectivity index (χ3v) is 3.58. The normalized spacial score (nSPS) is 12.4. The Labute approximate surface area is 120 Å². The monoisotopic (exact) mass is 271 g/mol. The molecule has 0 spiro atoms. The number of hydrogen-bond acceptors (Lipinski definition) is 1. The molecule has 0 fully saturated rings. The van der Waals surface area contributed by atoms with Crippen LogP contribution in [0.25, 0.3) is 0 Å². The van der Waals surface area contributed by atoms with Crippen LogP contribution in [-0.4, -0.2) is 6.54 Å². The van der Waals surface area contributed by atoms with Gasteiger partial charge >= 0.3 is 0 Å². The van der Waals surface area contributed by atoms with Crippen LogP contribution in [0.3, 0.4) is 0 Å². The summed E-state index contributed by atoms with van der Waals surface area (Å²) in [4.78, 5) is 0. The van der Waals surface area contributed by atoms with Gasteiger partial charge in [0.15, 0.2) is 0 Å². The zero-order chi connectivity index (χ0) is 14.5. The molecule has 0 aliphatic heterocycles. The van der Waals surface area contributed by atoms with Gasteiger partial charge in [-0.3, -0.25) is 0 Å². The minimum absolute atomic E-state index is 0.188. The van der Waals surface area contributed by atoms with Gasteiger partial charge in [0, 0.05) is 0 Å². The number of benzene rings is 2. The molecule has 0 radical (unpaired) electrons. The Balaban J connectivity index is 2.06. The lowest BCUT2D eigenvalue weighted by molar-refractivity contribution is 0.532. The lowest BCUT2D eigenvalue weighted by Crippen LogP contribution is -2.19. The van der Waals surface area contributed by atoms with Crippen LogP contribution in [0.5, 0.6) is 0 Å². The summed E-state index contributed by atoms with van der Waals surface area (Å²) in [6, 6.07) is 13.3. The summed E-state index contributed by atoms with van der Waals surface area (Å²) in [5.74, 6) is 0.203. The molecule has 1 atom stereocenters. The zero-order valence-corrected chi connectivity index (χ0v) is 12.2. The number of halogens is 1. The number of nitrogens with two attached hydrogens (primary N) is 1. The first-order chi connectivity index (χ1) is 9.56. The van der Waals surface area contributed by atoms with Crippen molar-refractivity contribution < 1.29 is 4.39 Å². The fraction of sp³-hybridized carbons (Fsp3) is 0.333. The van der Waals surface area contributed by atoms with Gasteiger partial charge in [0.1, 0.15) is 5.82 Å². The molecule has 0 saturated heterocycles. The van der Waals surface area contributed by atoms with E-state index in [1.807, 2.05) is 12.1 Å². The maximum atomic E-state index is 12.9. The van der Waals surface area contributed by atoms with Crippen molar-refractivity contribution in [2.75, 3.05) is 6.54 Å². The minimum atomic E-state index is -0.188. The van der Waals surface area contributed by atoms with Gasteiger partial charge in [0.05, 0.1) is 0 Å². The second-order valence-corrected chi connectivity index (χ2v) is 5.63. The van der Waals surface area contributed by atoms with E-state index in [-0.39, 0.29) is 5.82 Å². The van der Waals surface area contributed by atoms with Gasteiger partial charge in [0.25, 0.3) is 0 Å². The highest BCUT2D eigenvalue weighted by Gasteiger charge is 2.10. The molecule has 0 heterocycles. The molecule has 0 aliphatic rings. The Morgan fingerprint density at radius 1 is 0.900 bits per heavy atom. The van der Waals surface area contributed by atoms with Gasteiger partial charge in [-0.25, -0.2) is 4.39 Å². The van der Waals surface area contributed by atoms with Crippen LogP contribution in [0.15, 0.2) is 42.5 Å². The highest BCUT2D eigenvalue weighted by molar-refractivity contribution is 5.29. The molecule has 2 aromatic carbocycles. The minimum Gasteiger partial charge on any atom is -0.330 e. The first-order valence-electron chi connectivity index (χ1n) is 7.08. The molecule has 0 aromatic heterocycles. The lowest BCUT2D eigenvalue weighted by Gasteiger charge is -2.16. The topological polar surface area (TPSA) is 26.0 Å². The fourth-order valence-corrected chi connectivity index (χ4v) is 2.71. The highest BCUT2D eigenvalue weighted by Crippen LogP contribution is 2.17. The Morgan fingerprint density at radius 2 is 1.45 bits per heavy atom. The van der Waals surface area contributed by atoms with Crippen molar-refractivity contribution in [1.29, 1.82) is 0 Å². The average molecular weight is 271 g/mol. The van der Waals surface area contributed by atoms with Crippen molar-refractivity contribution in [1.82, 2.24) is 0 Å². The van der Waals surface area contributed by atoms with Crippen LogP contribution >= 0.6 is 0 Å². The standard InChI is InChI=1S/C18H22FN/c1-13-7-14(2)9-16(8-13)11-17(12-20)10-15-3-5-18(19)6-4-15/h3-9,17H,10-12,20H2,1-2H3. The second kappa shape index (κ2) is 6.67. The molecule has 1 nitrogen and oxygen atoms in total. The van der Waals surface area contributed by atoms with E-state index in [1.54, 1.807) is 0 Å². The molecule has 106 valence electrons. The Kier molecular flexibility index (Phi) is 4.91. The van der Waals surface area contributed by atoms with Gasteiger partial charge in [-0.1, -0.05) is 41.5 Å². The smallest absolute Gasteiger partial charge is 0.123 e. The number of hydrogen-bond donors (Lipinski definition) is 1. The van der Waals surface area contributed by atoms with E-state index < -0.39 is 0 Å². The van der Waals surface area contributed by atoms with Gasteiger partial charge in [-0.05, 0) is 62.4 Å². The molecule has 0 saturated carbocycles. The largest absolute Gasteiger partial charge is 0.330 e. The molecule has 2 rings (SSSR count). The molecular formula is C18H22FN. The van der Waals surface area contributed by atoms with Gasteiger partial charge in [-0.15, -0.1) is 0 Å². The Hall–Kier alpha value is -1.67. The third kappa shape index (κ3) is 4.17. The fourth-order valence-electron chi connectivity index (χ4n) is 2.71. The zero-order valence-electron chi connectivity index (χ0n) is 12.2. The number of rotatable bonds is 5. The van der Waals surface area contributed by atoms with Crippen LogP contribution < -0.4 is 5.73 Å². The summed E-state index contributed by atoms with van der Waals surface area (Å²) in [6.07, 6.45) is 1.86. The maximum absolute atomic E-state index is 12.9. The molecule has 1 unspecified atom stereocenters. The second-order valence-electron chi connectivity index (χ2n) is 5.63. The molecule has 0 amide bonds. The molecule has 0 aliphatic carbocycles. The summed E-state index contributed by atoms with van der Waals surface area (Å²) in [5.41, 5.74) is 11.0. The van der Waals surface area contributed by atoms with Crippen LogP contribution in [0.2, 0.25) is 0 Å². The molecule has 2 heteroatoms. The summed E-state index contributed by atoms with van der Waals surface area (Å²) >= 11 is 0. The summed E-state index contributed by atoms with van der Waals surface area (Å²) in [6.45, 7) is 4.88. The summed E-state index contributed by atoms with van der Waals surface area (Å²) in [5, 5.41) is 0. The van der Waals surface area contributed by atoms with E-state index in [1.165, 1.54) is 28.8 Å². The number of aryl methyl sites for hydroxylation is 2.